The molecule has 0 spiro atoms. The maximum absolute atomic E-state index is 5.60. The number of aromatic nitrogens is 2. The fraction of sp³-hybridized carbons (Fsp3) is 0.600. The normalized spacial score (nSPS) is 18.1. The van der Waals surface area contributed by atoms with Crippen LogP contribution in [0.25, 0.3) is 0 Å². The zero-order valence-electron chi connectivity index (χ0n) is 9.27. The third-order valence-corrected chi connectivity index (χ3v) is 2.77. The van der Waals surface area contributed by atoms with Crippen LogP contribution >= 0.6 is 0 Å². The highest BCUT2D eigenvalue weighted by molar-refractivity contribution is 5.48. The summed E-state index contributed by atoms with van der Waals surface area (Å²) in [7, 11) is 2.14. The molecule has 1 aliphatic rings. The Hall–Kier alpha value is -1.36. The molecule has 5 nitrogen and oxygen atoms in total. The van der Waals surface area contributed by atoms with Gasteiger partial charge in [-0.3, -0.25) is 0 Å². The van der Waals surface area contributed by atoms with Crippen molar-refractivity contribution in [2.75, 3.05) is 43.9 Å². The summed E-state index contributed by atoms with van der Waals surface area (Å²) in [4.78, 5) is 12.9. The van der Waals surface area contributed by atoms with Crippen molar-refractivity contribution in [1.82, 2.24) is 14.9 Å². The maximum Gasteiger partial charge on any atom is 0.221 e. The molecule has 0 aliphatic carbocycles. The van der Waals surface area contributed by atoms with Gasteiger partial charge in [0.25, 0.3) is 0 Å². The zero-order chi connectivity index (χ0) is 10.8. The van der Waals surface area contributed by atoms with Crippen molar-refractivity contribution >= 4 is 11.8 Å². The van der Waals surface area contributed by atoms with Gasteiger partial charge in [0.15, 0.2) is 0 Å². The molecule has 0 radical (unpaired) electrons. The average molecular weight is 207 g/mol. The molecule has 5 heteroatoms. The smallest absolute Gasteiger partial charge is 0.221 e. The zero-order valence-corrected chi connectivity index (χ0v) is 9.27. The predicted octanol–water partition coefficient (Wildman–Crippen LogP) is 0.119. The number of aryl methyl sites for hydroxylation is 1. The third kappa shape index (κ3) is 2.18. The van der Waals surface area contributed by atoms with Crippen LogP contribution in [0.2, 0.25) is 0 Å². The Balaban J connectivity index is 2.18. The van der Waals surface area contributed by atoms with Crippen LogP contribution in [0, 0.1) is 6.92 Å². The summed E-state index contributed by atoms with van der Waals surface area (Å²) in [5.41, 5.74) is 6.69. The Labute approximate surface area is 89.9 Å². The van der Waals surface area contributed by atoms with Crippen molar-refractivity contribution in [1.29, 1.82) is 0 Å². The second-order valence-corrected chi connectivity index (χ2v) is 4.03. The van der Waals surface area contributed by atoms with Gasteiger partial charge in [-0.1, -0.05) is 0 Å². The minimum absolute atomic E-state index is 0.356. The first-order valence-electron chi connectivity index (χ1n) is 5.19. The van der Waals surface area contributed by atoms with Crippen LogP contribution in [0.4, 0.5) is 11.8 Å². The molecule has 0 amide bonds. The Kier molecular flexibility index (Phi) is 2.73. The van der Waals surface area contributed by atoms with E-state index in [9.17, 15) is 0 Å². The Morgan fingerprint density at radius 2 is 1.93 bits per heavy atom. The van der Waals surface area contributed by atoms with Gasteiger partial charge in [0.05, 0.1) is 0 Å². The lowest BCUT2D eigenvalue weighted by molar-refractivity contribution is 0.312. The lowest BCUT2D eigenvalue weighted by Gasteiger charge is -2.33. The number of hydrogen-bond donors (Lipinski definition) is 1. The molecule has 2 rings (SSSR count). The van der Waals surface area contributed by atoms with Gasteiger partial charge < -0.3 is 15.5 Å². The molecule has 0 unspecified atom stereocenters. The fourth-order valence-electron chi connectivity index (χ4n) is 1.78. The Morgan fingerprint density at radius 1 is 1.27 bits per heavy atom. The minimum Gasteiger partial charge on any atom is -0.368 e. The van der Waals surface area contributed by atoms with E-state index in [1.54, 1.807) is 6.20 Å². The number of rotatable bonds is 1. The Morgan fingerprint density at radius 3 is 2.60 bits per heavy atom. The molecule has 1 fully saturated rings. The number of nitrogens with zero attached hydrogens (tertiary/aromatic N) is 4. The first-order valence-corrected chi connectivity index (χ1v) is 5.19. The van der Waals surface area contributed by atoms with E-state index in [4.69, 9.17) is 5.73 Å². The van der Waals surface area contributed by atoms with Crippen LogP contribution in [0.5, 0.6) is 0 Å². The van der Waals surface area contributed by atoms with Gasteiger partial charge in [-0.05, 0) is 14.0 Å². The van der Waals surface area contributed by atoms with E-state index in [0.717, 1.165) is 37.6 Å². The molecular weight excluding hydrogens is 190 g/mol. The first kappa shape index (κ1) is 10.2. The summed E-state index contributed by atoms with van der Waals surface area (Å²) in [6, 6.07) is 0. The van der Waals surface area contributed by atoms with Gasteiger partial charge >= 0.3 is 0 Å². The number of nitrogens with two attached hydrogens (primary N) is 1. The molecule has 1 aromatic heterocycles. The molecule has 0 aromatic carbocycles. The summed E-state index contributed by atoms with van der Waals surface area (Å²) in [6.45, 7) is 6.18. The molecule has 1 saturated heterocycles. The molecule has 0 saturated carbocycles. The topological polar surface area (TPSA) is 58.3 Å². The highest BCUT2D eigenvalue weighted by atomic mass is 15.3. The number of likely N-dealkylation sites (N-methyl/N-ethyl adjacent to an activating group) is 1. The maximum atomic E-state index is 5.60. The minimum atomic E-state index is 0.356. The highest BCUT2D eigenvalue weighted by Gasteiger charge is 2.17. The van der Waals surface area contributed by atoms with Crippen molar-refractivity contribution in [3.63, 3.8) is 0 Å². The first-order chi connectivity index (χ1) is 7.16. The average Bonchev–Trinajstić information content (AvgIpc) is 2.23. The largest absolute Gasteiger partial charge is 0.368 e. The van der Waals surface area contributed by atoms with Gasteiger partial charge in [0, 0.05) is 37.9 Å². The molecular formula is C10H17N5. The van der Waals surface area contributed by atoms with Crippen molar-refractivity contribution in [3.05, 3.63) is 11.8 Å². The molecule has 2 heterocycles. The van der Waals surface area contributed by atoms with Gasteiger partial charge in [-0.25, -0.2) is 4.98 Å². The van der Waals surface area contributed by atoms with E-state index in [1.807, 2.05) is 6.92 Å². The van der Waals surface area contributed by atoms with E-state index in [-0.39, 0.29) is 0 Å². The van der Waals surface area contributed by atoms with E-state index in [1.165, 1.54) is 0 Å². The summed E-state index contributed by atoms with van der Waals surface area (Å²) in [5, 5.41) is 0. The molecule has 2 N–H and O–H groups in total. The number of piperazine rings is 1. The van der Waals surface area contributed by atoms with Crippen LogP contribution in [0.15, 0.2) is 6.20 Å². The molecule has 82 valence electrons. The van der Waals surface area contributed by atoms with Crippen LogP contribution in [0.3, 0.4) is 0 Å². The number of anilines is 2. The van der Waals surface area contributed by atoms with Crippen LogP contribution in [0.1, 0.15) is 5.56 Å². The third-order valence-electron chi connectivity index (χ3n) is 2.77. The summed E-state index contributed by atoms with van der Waals surface area (Å²) >= 11 is 0. The molecule has 0 bridgehead atoms. The lowest BCUT2D eigenvalue weighted by atomic mass is 10.2. The SMILES string of the molecule is Cc1cnc(N)nc1N1CCN(C)CC1. The van der Waals surface area contributed by atoms with Crippen molar-refractivity contribution in [2.45, 2.75) is 6.92 Å². The monoisotopic (exact) mass is 207 g/mol. The van der Waals surface area contributed by atoms with E-state index in [2.05, 4.69) is 26.8 Å². The second kappa shape index (κ2) is 4.02. The fourth-order valence-corrected chi connectivity index (χ4v) is 1.78. The molecule has 15 heavy (non-hydrogen) atoms. The van der Waals surface area contributed by atoms with Crippen molar-refractivity contribution in [2.24, 2.45) is 0 Å². The van der Waals surface area contributed by atoms with Crippen molar-refractivity contribution in [3.8, 4) is 0 Å². The molecule has 0 atom stereocenters. The number of hydrogen-bond acceptors (Lipinski definition) is 5. The van der Waals surface area contributed by atoms with E-state index < -0.39 is 0 Å². The van der Waals surface area contributed by atoms with E-state index in [0.29, 0.717) is 5.95 Å². The van der Waals surface area contributed by atoms with Gasteiger partial charge in [-0.2, -0.15) is 4.98 Å². The summed E-state index contributed by atoms with van der Waals surface area (Å²) in [5.74, 6) is 1.34. The van der Waals surface area contributed by atoms with Crippen LogP contribution in [-0.2, 0) is 0 Å². The lowest BCUT2D eigenvalue weighted by Crippen LogP contribution is -2.45. The summed E-state index contributed by atoms with van der Waals surface area (Å²) < 4.78 is 0. The highest BCUT2D eigenvalue weighted by Crippen LogP contribution is 2.18. The molecule has 1 aliphatic heterocycles. The quantitative estimate of drug-likeness (QED) is 0.708. The second-order valence-electron chi connectivity index (χ2n) is 4.03. The van der Waals surface area contributed by atoms with E-state index >= 15 is 0 Å². The standard InChI is InChI=1S/C10H17N5/c1-8-7-12-10(11)13-9(8)15-5-3-14(2)4-6-15/h7H,3-6H2,1-2H3,(H2,11,12,13). The van der Waals surface area contributed by atoms with Gasteiger partial charge in [0.1, 0.15) is 5.82 Å². The molecule has 1 aromatic rings. The van der Waals surface area contributed by atoms with Crippen LogP contribution in [-0.4, -0.2) is 48.1 Å². The Bertz CT molecular complexity index is 344. The summed E-state index contributed by atoms with van der Waals surface area (Å²) in [6.07, 6.45) is 1.79. The van der Waals surface area contributed by atoms with Gasteiger partial charge in [0.2, 0.25) is 5.95 Å². The predicted molar refractivity (Wildman–Crippen MR) is 60.9 cm³/mol. The number of nitrogen functional groups attached to an aromatic ring is 1. The van der Waals surface area contributed by atoms with Gasteiger partial charge in [-0.15, -0.1) is 0 Å². The van der Waals surface area contributed by atoms with Crippen molar-refractivity contribution < 1.29 is 0 Å². The van der Waals surface area contributed by atoms with Crippen LogP contribution < -0.4 is 10.6 Å².